The van der Waals surface area contributed by atoms with Crippen molar-refractivity contribution in [3.05, 3.63) is 59.8 Å². The van der Waals surface area contributed by atoms with Crippen LogP contribution in [0.1, 0.15) is 17.2 Å². The van der Waals surface area contributed by atoms with Gasteiger partial charge in [-0.25, -0.2) is 4.98 Å². The third kappa shape index (κ3) is 2.81. The van der Waals surface area contributed by atoms with E-state index < -0.39 is 0 Å². The standard InChI is InChI=1S/C16H20N4/c17-16(13-4-2-1-3-5-13)14-6-7-15(19-12-14)20-10-8-18-9-11-20/h1-7,12,16,18H,8-11,17H2/t16-/m1/s1. The second-order valence-corrected chi connectivity index (χ2v) is 5.08. The van der Waals surface area contributed by atoms with Crippen LogP contribution in [0.3, 0.4) is 0 Å². The first-order valence-electron chi connectivity index (χ1n) is 7.07. The fraction of sp³-hybridized carbons (Fsp3) is 0.312. The molecule has 1 saturated heterocycles. The molecule has 0 spiro atoms. The van der Waals surface area contributed by atoms with Crippen LogP contribution in [-0.2, 0) is 0 Å². The molecule has 3 rings (SSSR count). The van der Waals surface area contributed by atoms with Crippen LogP contribution in [-0.4, -0.2) is 31.2 Å². The number of benzene rings is 1. The number of hydrogen-bond donors (Lipinski definition) is 2. The molecule has 2 heterocycles. The van der Waals surface area contributed by atoms with Crippen molar-refractivity contribution >= 4 is 5.82 Å². The van der Waals surface area contributed by atoms with Crippen LogP contribution in [0.5, 0.6) is 0 Å². The minimum Gasteiger partial charge on any atom is -0.354 e. The number of rotatable bonds is 3. The molecular weight excluding hydrogens is 248 g/mol. The number of piperazine rings is 1. The van der Waals surface area contributed by atoms with Gasteiger partial charge in [-0.2, -0.15) is 0 Å². The smallest absolute Gasteiger partial charge is 0.128 e. The summed E-state index contributed by atoms with van der Waals surface area (Å²) in [5, 5.41) is 3.35. The van der Waals surface area contributed by atoms with Crippen molar-refractivity contribution in [2.75, 3.05) is 31.1 Å². The summed E-state index contributed by atoms with van der Waals surface area (Å²) in [6, 6.07) is 14.2. The minimum absolute atomic E-state index is 0.110. The van der Waals surface area contributed by atoms with Gasteiger partial charge in [-0.15, -0.1) is 0 Å². The van der Waals surface area contributed by atoms with Gasteiger partial charge in [-0.1, -0.05) is 36.4 Å². The first kappa shape index (κ1) is 13.1. The third-order valence-corrected chi connectivity index (χ3v) is 3.73. The van der Waals surface area contributed by atoms with Gasteiger partial charge in [0.05, 0.1) is 6.04 Å². The first-order valence-corrected chi connectivity index (χ1v) is 7.07. The van der Waals surface area contributed by atoms with Crippen LogP contribution in [0.4, 0.5) is 5.82 Å². The number of nitrogens with zero attached hydrogens (tertiary/aromatic N) is 2. The Balaban J connectivity index is 1.75. The molecule has 3 N–H and O–H groups in total. The molecule has 0 amide bonds. The molecule has 1 fully saturated rings. The Morgan fingerprint density at radius 2 is 1.75 bits per heavy atom. The zero-order chi connectivity index (χ0) is 13.8. The SMILES string of the molecule is N[C@H](c1ccccc1)c1ccc(N2CCNCC2)nc1. The Labute approximate surface area is 119 Å². The Bertz CT molecular complexity index is 532. The second kappa shape index (κ2) is 6.03. The fourth-order valence-corrected chi connectivity index (χ4v) is 2.52. The molecule has 4 nitrogen and oxygen atoms in total. The molecule has 1 aliphatic heterocycles. The minimum atomic E-state index is -0.110. The van der Waals surface area contributed by atoms with E-state index in [0.29, 0.717) is 0 Å². The van der Waals surface area contributed by atoms with Crippen molar-refractivity contribution in [1.29, 1.82) is 0 Å². The molecule has 1 aromatic heterocycles. The number of anilines is 1. The van der Waals surface area contributed by atoms with Gasteiger partial charge in [-0.05, 0) is 17.2 Å². The Morgan fingerprint density at radius 1 is 1.00 bits per heavy atom. The molecule has 1 aliphatic rings. The number of pyridine rings is 1. The quantitative estimate of drug-likeness (QED) is 0.886. The van der Waals surface area contributed by atoms with Crippen LogP contribution >= 0.6 is 0 Å². The highest BCUT2D eigenvalue weighted by Gasteiger charge is 2.13. The topological polar surface area (TPSA) is 54.2 Å². The summed E-state index contributed by atoms with van der Waals surface area (Å²) >= 11 is 0. The molecule has 20 heavy (non-hydrogen) atoms. The van der Waals surface area contributed by atoms with Gasteiger partial charge in [-0.3, -0.25) is 0 Å². The van der Waals surface area contributed by atoms with Crippen LogP contribution in [0.15, 0.2) is 48.7 Å². The van der Waals surface area contributed by atoms with Gasteiger partial charge in [0.2, 0.25) is 0 Å². The van der Waals surface area contributed by atoms with E-state index >= 15 is 0 Å². The summed E-state index contributed by atoms with van der Waals surface area (Å²) in [5.74, 6) is 1.04. The first-order chi connectivity index (χ1) is 9.84. The zero-order valence-corrected chi connectivity index (χ0v) is 11.5. The summed E-state index contributed by atoms with van der Waals surface area (Å²) in [4.78, 5) is 6.87. The molecule has 2 aromatic rings. The molecule has 4 heteroatoms. The normalized spacial score (nSPS) is 16.9. The molecule has 1 aromatic carbocycles. The maximum atomic E-state index is 6.28. The molecule has 0 aliphatic carbocycles. The summed E-state index contributed by atoms with van der Waals surface area (Å²) in [5.41, 5.74) is 8.45. The molecule has 104 valence electrons. The van der Waals surface area contributed by atoms with Crippen molar-refractivity contribution < 1.29 is 0 Å². The van der Waals surface area contributed by atoms with E-state index in [1.54, 1.807) is 0 Å². The van der Waals surface area contributed by atoms with Gasteiger partial charge in [0, 0.05) is 32.4 Å². The highest BCUT2D eigenvalue weighted by atomic mass is 15.2. The van der Waals surface area contributed by atoms with Crippen LogP contribution in [0.25, 0.3) is 0 Å². The Morgan fingerprint density at radius 3 is 2.40 bits per heavy atom. The lowest BCUT2D eigenvalue weighted by Gasteiger charge is -2.28. The number of nitrogens with one attached hydrogen (secondary N) is 1. The van der Waals surface area contributed by atoms with Gasteiger partial charge in [0.25, 0.3) is 0 Å². The Kier molecular flexibility index (Phi) is 3.95. The van der Waals surface area contributed by atoms with Gasteiger partial charge < -0.3 is 16.0 Å². The largest absolute Gasteiger partial charge is 0.354 e. The van der Waals surface area contributed by atoms with E-state index in [0.717, 1.165) is 43.1 Å². The fourth-order valence-electron chi connectivity index (χ4n) is 2.52. The average molecular weight is 268 g/mol. The predicted octanol–water partition coefficient (Wildman–Crippen LogP) is 1.54. The number of nitrogens with two attached hydrogens (primary N) is 1. The van der Waals surface area contributed by atoms with Gasteiger partial charge >= 0.3 is 0 Å². The Hall–Kier alpha value is -1.91. The van der Waals surface area contributed by atoms with Crippen molar-refractivity contribution in [3.63, 3.8) is 0 Å². The van der Waals surface area contributed by atoms with E-state index in [2.05, 4.69) is 39.5 Å². The lowest BCUT2D eigenvalue weighted by molar-refractivity contribution is 0.585. The van der Waals surface area contributed by atoms with E-state index in [9.17, 15) is 0 Å². The molecule has 1 atom stereocenters. The van der Waals surface area contributed by atoms with Crippen molar-refractivity contribution in [2.45, 2.75) is 6.04 Å². The summed E-state index contributed by atoms with van der Waals surface area (Å²) in [6.07, 6.45) is 1.90. The monoisotopic (exact) mass is 268 g/mol. The molecule has 0 unspecified atom stereocenters. The van der Waals surface area contributed by atoms with Crippen LogP contribution < -0.4 is 16.0 Å². The predicted molar refractivity (Wildman–Crippen MR) is 81.8 cm³/mol. The lowest BCUT2D eigenvalue weighted by Crippen LogP contribution is -2.43. The van der Waals surface area contributed by atoms with Gasteiger partial charge in [0.1, 0.15) is 5.82 Å². The summed E-state index contributed by atoms with van der Waals surface area (Å²) < 4.78 is 0. The third-order valence-electron chi connectivity index (χ3n) is 3.73. The second-order valence-electron chi connectivity index (χ2n) is 5.08. The van der Waals surface area contributed by atoms with Crippen molar-refractivity contribution in [2.24, 2.45) is 5.73 Å². The van der Waals surface area contributed by atoms with E-state index in [-0.39, 0.29) is 6.04 Å². The summed E-state index contributed by atoms with van der Waals surface area (Å²) in [7, 11) is 0. The lowest BCUT2D eigenvalue weighted by atomic mass is 10.0. The van der Waals surface area contributed by atoms with E-state index in [1.807, 2.05) is 24.4 Å². The van der Waals surface area contributed by atoms with Crippen LogP contribution in [0, 0.1) is 0 Å². The van der Waals surface area contributed by atoms with Crippen LogP contribution in [0.2, 0.25) is 0 Å². The van der Waals surface area contributed by atoms with Crippen molar-refractivity contribution in [1.82, 2.24) is 10.3 Å². The summed E-state index contributed by atoms with van der Waals surface area (Å²) in [6.45, 7) is 4.06. The van der Waals surface area contributed by atoms with Gasteiger partial charge in [0.15, 0.2) is 0 Å². The molecule has 0 saturated carbocycles. The zero-order valence-electron chi connectivity index (χ0n) is 11.5. The van der Waals surface area contributed by atoms with E-state index in [1.165, 1.54) is 0 Å². The highest BCUT2D eigenvalue weighted by Crippen LogP contribution is 2.20. The molecule has 0 radical (unpaired) electrons. The number of hydrogen-bond acceptors (Lipinski definition) is 4. The number of aromatic nitrogens is 1. The van der Waals surface area contributed by atoms with Crippen molar-refractivity contribution in [3.8, 4) is 0 Å². The highest BCUT2D eigenvalue weighted by molar-refractivity contribution is 5.41. The average Bonchev–Trinajstić information content (AvgIpc) is 2.56. The maximum Gasteiger partial charge on any atom is 0.128 e. The van der Waals surface area contributed by atoms with E-state index in [4.69, 9.17) is 5.73 Å². The maximum absolute atomic E-state index is 6.28. The molecule has 0 bridgehead atoms. The molecular formula is C16H20N4.